The van der Waals surface area contributed by atoms with Gasteiger partial charge in [0.1, 0.15) is 0 Å². The standard InChI is InChI=1S/C12H14F2N2O2S/c13-11(14)19-10-3-1-8(2-4-10)15-12(18)16-6-5-9(17)7-16/h1-4,9,11,17H,5-7H2,(H,15,18)/t9-/m0/s1. The number of halogens is 2. The maximum Gasteiger partial charge on any atom is 0.321 e. The smallest absolute Gasteiger partial charge is 0.321 e. The first-order valence-corrected chi connectivity index (χ1v) is 6.71. The molecular formula is C12H14F2N2O2S. The van der Waals surface area contributed by atoms with E-state index < -0.39 is 11.9 Å². The molecule has 1 atom stereocenters. The van der Waals surface area contributed by atoms with Crippen molar-refractivity contribution >= 4 is 23.5 Å². The molecular weight excluding hydrogens is 274 g/mol. The van der Waals surface area contributed by atoms with Crippen molar-refractivity contribution in [1.29, 1.82) is 0 Å². The van der Waals surface area contributed by atoms with Gasteiger partial charge in [-0.1, -0.05) is 11.8 Å². The Labute approximate surface area is 113 Å². The van der Waals surface area contributed by atoms with Gasteiger partial charge in [-0.25, -0.2) is 4.79 Å². The van der Waals surface area contributed by atoms with Crippen LogP contribution in [0.3, 0.4) is 0 Å². The minimum absolute atomic E-state index is 0.286. The number of likely N-dealkylation sites (tertiary alicyclic amines) is 1. The molecule has 1 aliphatic heterocycles. The Balaban J connectivity index is 1.90. The number of nitrogens with one attached hydrogen (secondary N) is 1. The quantitative estimate of drug-likeness (QED) is 0.841. The number of hydrogen-bond donors (Lipinski definition) is 2. The summed E-state index contributed by atoms with van der Waals surface area (Å²) < 4.78 is 24.3. The third-order valence-electron chi connectivity index (χ3n) is 2.78. The summed E-state index contributed by atoms with van der Waals surface area (Å²) in [5, 5.41) is 12.0. The molecule has 2 N–H and O–H groups in total. The first kappa shape index (κ1) is 14.1. The number of urea groups is 1. The second-order valence-corrected chi connectivity index (χ2v) is 5.29. The summed E-state index contributed by atoms with van der Waals surface area (Å²) in [7, 11) is 0. The Morgan fingerprint density at radius 3 is 2.63 bits per heavy atom. The van der Waals surface area contributed by atoms with Gasteiger partial charge in [0.25, 0.3) is 5.76 Å². The number of β-amino-alcohol motifs (C(OH)–C–C–N with tert-alkyl or cyclic N) is 1. The highest BCUT2D eigenvalue weighted by Gasteiger charge is 2.24. The number of carbonyl (C=O) groups excluding carboxylic acids is 1. The molecule has 0 aliphatic carbocycles. The number of alkyl halides is 2. The number of aliphatic hydroxyl groups excluding tert-OH is 1. The average molecular weight is 288 g/mol. The molecule has 1 fully saturated rings. The van der Waals surface area contributed by atoms with Gasteiger partial charge in [0.15, 0.2) is 0 Å². The fraction of sp³-hybridized carbons (Fsp3) is 0.417. The minimum atomic E-state index is -2.45. The van der Waals surface area contributed by atoms with E-state index in [0.717, 1.165) is 0 Å². The molecule has 104 valence electrons. The van der Waals surface area contributed by atoms with E-state index in [-0.39, 0.29) is 6.03 Å². The lowest BCUT2D eigenvalue weighted by Gasteiger charge is -2.16. The van der Waals surface area contributed by atoms with E-state index >= 15 is 0 Å². The van der Waals surface area contributed by atoms with Crippen LogP contribution in [-0.2, 0) is 0 Å². The highest BCUT2D eigenvalue weighted by atomic mass is 32.2. The largest absolute Gasteiger partial charge is 0.391 e. The molecule has 7 heteroatoms. The maximum atomic E-state index is 12.1. The normalized spacial score (nSPS) is 18.9. The lowest BCUT2D eigenvalue weighted by atomic mass is 10.3. The summed E-state index contributed by atoms with van der Waals surface area (Å²) in [4.78, 5) is 13.8. The Morgan fingerprint density at radius 2 is 2.11 bits per heavy atom. The SMILES string of the molecule is O=C(Nc1ccc(SC(F)F)cc1)N1CC[C@H](O)C1. The van der Waals surface area contributed by atoms with Gasteiger partial charge < -0.3 is 15.3 Å². The molecule has 0 spiro atoms. The Bertz CT molecular complexity index is 442. The summed E-state index contributed by atoms with van der Waals surface area (Å²) in [6.45, 7) is 0.845. The lowest BCUT2D eigenvalue weighted by Crippen LogP contribution is -2.33. The van der Waals surface area contributed by atoms with Gasteiger partial charge in [-0.05, 0) is 30.7 Å². The van der Waals surface area contributed by atoms with Crippen molar-refractivity contribution in [2.75, 3.05) is 18.4 Å². The Hall–Kier alpha value is -1.34. The van der Waals surface area contributed by atoms with Crippen LogP contribution in [0.15, 0.2) is 29.2 Å². The second-order valence-electron chi connectivity index (χ2n) is 4.22. The van der Waals surface area contributed by atoms with Crippen molar-refractivity contribution in [2.24, 2.45) is 0 Å². The predicted octanol–water partition coefficient (Wildman–Crippen LogP) is 2.60. The first-order chi connectivity index (χ1) is 9.04. The summed E-state index contributed by atoms with van der Waals surface area (Å²) in [6.07, 6.45) is 0.118. The zero-order valence-electron chi connectivity index (χ0n) is 10.1. The highest BCUT2D eigenvalue weighted by Crippen LogP contribution is 2.26. The monoisotopic (exact) mass is 288 g/mol. The maximum absolute atomic E-state index is 12.1. The number of nitrogens with zero attached hydrogens (tertiary/aromatic N) is 1. The van der Waals surface area contributed by atoms with Crippen LogP contribution in [-0.4, -0.2) is 41.0 Å². The van der Waals surface area contributed by atoms with Gasteiger partial charge >= 0.3 is 6.03 Å². The fourth-order valence-corrected chi connectivity index (χ4v) is 2.35. The third kappa shape index (κ3) is 4.07. The molecule has 0 unspecified atom stereocenters. The Kier molecular flexibility index (Phi) is 4.60. The van der Waals surface area contributed by atoms with Crippen molar-refractivity contribution in [1.82, 2.24) is 4.90 Å². The summed E-state index contributed by atoms with van der Waals surface area (Å²) in [6, 6.07) is 5.94. The topological polar surface area (TPSA) is 52.6 Å². The summed E-state index contributed by atoms with van der Waals surface area (Å²) in [5.41, 5.74) is 0.546. The molecule has 1 heterocycles. The van der Waals surface area contributed by atoms with E-state index in [4.69, 9.17) is 0 Å². The van der Waals surface area contributed by atoms with Crippen LogP contribution in [0.1, 0.15) is 6.42 Å². The van der Waals surface area contributed by atoms with Crippen LogP contribution in [0.25, 0.3) is 0 Å². The van der Waals surface area contributed by atoms with Gasteiger partial charge in [-0.2, -0.15) is 8.78 Å². The number of aliphatic hydroxyl groups is 1. The molecule has 0 bridgehead atoms. The number of amides is 2. The van der Waals surface area contributed by atoms with Gasteiger partial charge in [-0.15, -0.1) is 0 Å². The molecule has 0 aromatic heterocycles. The van der Waals surface area contributed by atoms with Crippen LogP contribution in [0.5, 0.6) is 0 Å². The van der Waals surface area contributed by atoms with Crippen molar-refractivity contribution in [2.45, 2.75) is 23.2 Å². The van der Waals surface area contributed by atoms with Crippen molar-refractivity contribution < 1.29 is 18.7 Å². The van der Waals surface area contributed by atoms with Crippen LogP contribution in [0.4, 0.5) is 19.3 Å². The Morgan fingerprint density at radius 1 is 1.42 bits per heavy atom. The van der Waals surface area contributed by atoms with E-state index in [1.54, 1.807) is 12.1 Å². The fourth-order valence-electron chi connectivity index (χ4n) is 1.85. The molecule has 1 saturated heterocycles. The van der Waals surface area contributed by atoms with Gasteiger partial charge in [0, 0.05) is 23.7 Å². The number of thioether (sulfide) groups is 1. The number of rotatable bonds is 3. The van der Waals surface area contributed by atoms with Crippen LogP contribution in [0.2, 0.25) is 0 Å². The van der Waals surface area contributed by atoms with Crippen LogP contribution in [0, 0.1) is 0 Å². The molecule has 2 rings (SSSR count). The minimum Gasteiger partial charge on any atom is -0.391 e. The van der Waals surface area contributed by atoms with Gasteiger partial charge in [0.05, 0.1) is 6.10 Å². The molecule has 4 nitrogen and oxygen atoms in total. The zero-order chi connectivity index (χ0) is 13.8. The lowest BCUT2D eigenvalue weighted by molar-refractivity contribution is 0.176. The molecule has 1 aromatic carbocycles. The first-order valence-electron chi connectivity index (χ1n) is 5.83. The second kappa shape index (κ2) is 6.21. The van der Waals surface area contributed by atoms with E-state index in [1.165, 1.54) is 17.0 Å². The summed E-state index contributed by atoms with van der Waals surface area (Å²) in [5.74, 6) is -2.45. The van der Waals surface area contributed by atoms with Crippen molar-refractivity contribution in [3.63, 3.8) is 0 Å². The molecule has 1 aromatic rings. The van der Waals surface area contributed by atoms with E-state index in [1.807, 2.05) is 0 Å². The van der Waals surface area contributed by atoms with E-state index in [2.05, 4.69) is 5.32 Å². The van der Waals surface area contributed by atoms with Crippen LogP contribution < -0.4 is 5.32 Å². The van der Waals surface area contributed by atoms with Crippen molar-refractivity contribution in [3.05, 3.63) is 24.3 Å². The molecule has 19 heavy (non-hydrogen) atoms. The number of hydrogen-bond acceptors (Lipinski definition) is 3. The highest BCUT2D eigenvalue weighted by molar-refractivity contribution is 7.99. The molecule has 2 amide bonds. The molecule has 0 saturated carbocycles. The number of carbonyl (C=O) groups is 1. The van der Waals surface area contributed by atoms with E-state index in [0.29, 0.717) is 41.9 Å². The molecule has 0 radical (unpaired) electrons. The van der Waals surface area contributed by atoms with Gasteiger partial charge in [-0.3, -0.25) is 0 Å². The van der Waals surface area contributed by atoms with Crippen molar-refractivity contribution in [3.8, 4) is 0 Å². The number of benzene rings is 1. The molecule has 1 aliphatic rings. The van der Waals surface area contributed by atoms with Gasteiger partial charge in [0.2, 0.25) is 0 Å². The predicted molar refractivity (Wildman–Crippen MR) is 69.5 cm³/mol. The summed E-state index contributed by atoms with van der Waals surface area (Å²) >= 11 is 0.462. The third-order valence-corrected chi connectivity index (χ3v) is 3.50. The van der Waals surface area contributed by atoms with E-state index in [9.17, 15) is 18.7 Å². The zero-order valence-corrected chi connectivity index (χ0v) is 10.9. The number of anilines is 1. The van der Waals surface area contributed by atoms with Crippen LogP contribution >= 0.6 is 11.8 Å². The average Bonchev–Trinajstić information content (AvgIpc) is 2.78.